The van der Waals surface area contributed by atoms with E-state index in [-0.39, 0.29) is 84.5 Å². The zero-order valence-electron chi connectivity index (χ0n) is 35.9. The van der Waals surface area contributed by atoms with Gasteiger partial charge in [-0.05, 0) is 72.8 Å². The Bertz CT molecular complexity index is 3270. The summed E-state index contributed by atoms with van der Waals surface area (Å²) in [6, 6.07) is 13.5. The number of carboxylic acids is 6. The Labute approximate surface area is 400 Å². The number of hydrogen-bond donors (Lipinski definition) is 6. The molecule has 72 heavy (non-hydrogen) atoms. The quantitative estimate of drug-likeness (QED) is 0.0540. The van der Waals surface area contributed by atoms with Gasteiger partial charge in [0, 0.05) is 40.2 Å². The molecule has 0 unspecified atom stereocenters. The summed E-state index contributed by atoms with van der Waals surface area (Å²) in [5, 5.41) is 57.3. The fourth-order valence-corrected chi connectivity index (χ4v) is 6.69. The fourth-order valence-electron chi connectivity index (χ4n) is 6.69. The van der Waals surface area contributed by atoms with Crippen LogP contribution in [0.2, 0.25) is 0 Å². The second-order valence-electron chi connectivity index (χ2n) is 14.9. The monoisotopic (exact) mass is 970 g/mol. The van der Waals surface area contributed by atoms with Gasteiger partial charge in [-0.3, -0.25) is 29.9 Å². The Morgan fingerprint density at radius 1 is 0.264 bits per heavy atom. The SMILES string of the molecule is O=C(O)c1cc(C(=O)O)cc(-c2cnc(-c3cnc(-c4cc(C(=O)O)cc(C(=O)OOC(=O)c5cc(C(=O)O)cc(-c6cnc(-c7cnc(-c8cc(C(=O)O)cc(C(=O)O)c8)cn7)cn6)c5)c4)nc3)cn2)c1. The van der Waals surface area contributed by atoms with Crippen LogP contribution in [0.5, 0.6) is 0 Å². The van der Waals surface area contributed by atoms with E-state index in [1.807, 2.05) is 0 Å². The summed E-state index contributed by atoms with van der Waals surface area (Å²) in [6.07, 6.45) is 10.3. The van der Waals surface area contributed by atoms with Crippen molar-refractivity contribution in [3.05, 3.63) is 167 Å². The van der Waals surface area contributed by atoms with E-state index < -0.39 is 70.0 Å². The molecule has 24 heteroatoms. The van der Waals surface area contributed by atoms with Gasteiger partial charge in [0.25, 0.3) is 0 Å². The molecular formula is C48H26N8O16. The molecule has 0 aliphatic rings. The molecule has 6 N–H and O–H groups in total. The second kappa shape index (κ2) is 19.7. The highest BCUT2D eigenvalue weighted by Crippen LogP contribution is 2.28. The smallest absolute Gasteiger partial charge is 0.386 e. The van der Waals surface area contributed by atoms with Crippen LogP contribution < -0.4 is 0 Å². The van der Waals surface area contributed by atoms with Gasteiger partial charge in [0.15, 0.2) is 5.82 Å². The van der Waals surface area contributed by atoms with E-state index in [9.17, 15) is 69.0 Å². The van der Waals surface area contributed by atoms with Crippen molar-refractivity contribution >= 4 is 47.8 Å². The highest BCUT2D eigenvalue weighted by atomic mass is 17.2. The Hall–Kier alpha value is -11.0. The number of aromatic carboxylic acids is 6. The van der Waals surface area contributed by atoms with Crippen LogP contribution in [0.4, 0.5) is 0 Å². The lowest BCUT2D eigenvalue weighted by Gasteiger charge is -2.09. The van der Waals surface area contributed by atoms with Gasteiger partial charge in [-0.1, -0.05) is 0 Å². The number of hydrogen-bond acceptors (Lipinski definition) is 18. The summed E-state index contributed by atoms with van der Waals surface area (Å²) < 4.78 is 0. The van der Waals surface area contributed by atoms with E-state index in [2.05, 4.69) is 39.9 Å². The van der Waals surface area contributed by atoms with Gasteiger partial charge in [-0.2, -0.15) is 0 Å². The van der Waals surface area contributed by atoms with Crippen LogP contribution in [0.15, 0.2) is 122 Å². The number of carbonyl (C=O) groups is 8. The predicted molar refractivity (Wildman–Crippen MR) is 240 cm³/mol. The van der Waals surface area contributed by atoms with Crippen molar-refractivity contribution in [2.45, 2.75) is 0 Å². The minimum absolute atomic E-state index is 0.0167. The third-order valence-corrected chi connectivity index (χ3v) is 10.2. The summed E-state index contributed by atoms with van der Waals surface area (Å²) in [4.78, 5) is 141. The molecule has 8 aromatic rings. The fraction of sp³-hybridized carbons (Fsp3) is 0. The summed E-state index contributed by atoms with van der Waals surface area (Å²) in [5.74, 6) is -11.0. The van der Waals surface area contributed by atoms with E-state index in [1.54, 1.807) is 0 Å². The zero-order chi connectivity index (χ0) is 51.4. The molecule has 0 aliphatic heterocycles. The first-order chi connectivity index (χ1) is 34.4. The first-order valence-corrected chi connectivity index (χ1v) is 20.1. The Morgan fingerprint density at radius 2 is 0.500 bits per heavy atom. The Kier molecular flexibility index (Phi) is 13.0. The molecule has 4 heterocycles. The molecule has 0 spiro atoms. The van der Waals surface area contributed by atoms with Crippen molar-refractivity contribution in [3.63, 3.8) is 0 Å². The Balaban J connectivity index is 0.961. The van der Waals surface area contributed by atoms with E-state index in [0.717, 1.165) is 36.4 Å². The average Bonchev–Trinajstić information content (AvgIpc) is 3.39. The number of nitrogens with zero attached hydrogens (tertiary/aromatic N) is 8. The van der Waals surface area contributed by atoms with Crippen LogP contribution in [0.1, 0.15) is 82.9 Å². The normalized spacial score (nSPS) is 10.7. The van der Waals surface area contributed by atoms with Crippen LogP contribution in [0, 0.1) is 0 Å². The largest absolute Gasteiger partial charge is 0.478 e. The maximum Gasteiger partial charge on any atom is 0.386 e. The lowest BCUT2D eigenvalue weighted by Crippen LogP contribution is -2.14. The molecule has 8 rings (SSSR count). The van der Waals surface area contributed by atoms with Crippen molar-refractivity contribution in [1.29, 1.82) is 0 Å². The van der Waals surface area contributed by atoms with Crippen molar-refractivity contribution in [1.82, 2.24) is 39.9 Å². The maximum atomic E-state index is 13.2. The third-order valence-electron chi connectivity index (χ3n) is 10.2. The van der Waals surface area contributed by atoms with Crippen molar-refractivity contribution in [3.8, 4) is 67.8 Å². The zero-order valence-corrected chi connectivity index (χ0v) is 35.9. The molecule has 0 atom stereocenters. The summed E-state index contributed by atoms with van der Waals surface area (Å²) >= 11 is 0. The first-order valence-electron chi connectivity index (χ1n) is 20.1. The van der Waals surface area contributed by atoms with Gasteiger partial charge in [0.05, 0.1) is 104 Å². The summed E-state index contributed by atoms with van der Waals surface area (Å²) in [7, 11) is 0. The van der Waals surface area contributed by atoms with Gasteiger partial charge < -0.3 is 30.6 Å². The van der Waals surface area contributed by atoms with Gasteiger partial charge in [-0.15, -0.1) is 0 Å². The van der Waals surface area contributed by atoms with E-state index in [0.29, 0.717) is 5.56 Å². The van der Waals surface area contributed by atoms with E-state index in [4.69, 9.17) is 9.78 Å². The molecular weight excluding hydrogens is 945 g/mol. The number of benzene rings is 4. The van der Waals surface area contributed by atoms with Gasteiger partial charge in [0.2, 0.25) is 0 Å². The molecule has 4 aromatic carbocycles. The third kappa shape index (κ3) is 10.4. The van der Waals surface area contributed by atoms with Crippen LogP contribution in [-0.2, 0) is 9.78 Å². The molecule has 354 valence electrons. The van der Waals surface area contributed by atoms with Gasteiger partial charge in [-0.25, -0.2) is 58.1 Å². The molecule has 0 amide bonds. The van der Waals surface area contributed by atoms with E-state index >= 15 is 0 Å². The predicted octanol–water partition coefficient (Wildman–Crippen LogP) is 5.97. The topological polar surface area (TPSA) is 380 Å². The van der Waals surface area contributed by atoms with E-state index in [1.165, 1.54) is 86.0 Å². The molecule has 24 nitrogen and oxygen atoms in total. The number of rotatable bonds is 14. The Morgan fingerprint density at radius 3 is 0.792 bits per heavy atom. The highest BCUT2D eigenvalue weighted by molar-refractivity contribution is 6.00. The van der Waals surface area contributed by atoms with Crippen LogP contribution in [-0.4, -0.2) is 118 Å². The number of carbonyl (C=O) groups excluding carboxylic acids is 2. The molecule has 0 radical (unpaired) electrons. The van der Waals surface area contributed by atoms with Crippen LogP contribution in [0.3, 0.4) is 0 Å². The number of aromatic nitrogens is 8. The standard InChI is InChI=1S/C48H26N8O16/c57-41(58)25-1-21(2-26(9-25)42(59)60)34-15-50-37(18-49-34)33-13-55-40(56-14-33)24-7-30(46(67)68)12-32(8-24)48(70)72-71-47(69)31-6-23(5-29(11-31)45(65)66)36-17-54-39(20-52-36)38-19-51-35(16-53-38)22-3-27(43(61)62)10-28(4-22)44(63)64/h1-20H,(H,57,58)(H,59,60)(H,61,62)(H,63,64)(H,65,66)(H,67,68). The lowest BCUT2D eigenvalue weighted by atomic mass is 10.0. The molecule has 4 aromatic heterocycles. The lowest BCUT2D eigenvalue weighted by molar-refractivity contribution is -0.187. The molecule has 0 aliphatic carbocycles. The second-order valence-corrected chi connectivity index (χ2v) is 14.9. The molecule has 0 bridgehead atoms. The van der Waals surface area contributed by atoms with Crippen molar-refractivity contribution < 1.29 is 78.8 Å². The molecule has 0 saturated carbocycles. The number of carboxylic acid groups (broad SMARTS) is 6. The molecule has 0 fully saturated rings. The van der Waals surface area contributed by atoms with Crippen molar-refractivity contribution in [2.24, 2.45) is 0 Å². The average molecular weight is 971 g/mol. The highest BCUT2D eigenvalue weighted by Gasteiger charge is 2.22. The van der Waals surface area contributed by atoms with Crippen molar-refractivity contribution in [2.75, 3.05) is 0 Å². The molecule has 0 saturated heterocycles. The minimum atomic E-state index is -1.46. The van der Waals surface area contributed by atoms with Crippen LogP contribution in [0.25, 0.3) is 67.8 Å². The minimum Gasteiger partial charge on any atom is -0.478 e. The van der Waals surface area contributed by atoms with Crippen LogP contribution >= 0.6 is 0 Å². The van der Waals surface area contributed by atoms with Gasteiger partial charge in [0.1, 0.15) is 11.4 Å². The maximum absolute atomic E-state index is 13.2. The van der Waals surface area contributed by atoms with Gasteiger partial charge >= 0.3 is 47.8 Å². The first kappa shape index (κ1) is 47.5. The summed E-state index contributed by atoms with van der Waals surface area (Å²) in [5.41, 5.74) is -0.926. The summed E-state index contributed by atoms with van der Waals surface area (Å²) in [6.45, 7) is 0.